The topological polar surface area (TPSA) is 83.7 Å². The van der Waals surface area contributed by atoms with E-state index in [4.69, 9.17) is 15.2 Å². The van der Waals surface area contributed by atoms with Crippen LogP contribution in [-0.2, 0) is 9.47 Å². The Hall–Kier alpha value is -1.82. The SMILES string of the molecule is COC(=O)c1ccc(N)c(OCC2CCCCO2)n1. The normalized spacial score (nSPS) is 18.9. The van der Waals surface area contributed by atoms with Crippen LogP contribution in [0.2, 0.25) is 0 Å². The summed E-state index contributed by atoms with van der Waals surface area (Å²) in [6.45, 7) is 1.15. The molecule has 0 aromatic carbocycles. The molecule has 0 radical (unpaired) electrons. The molecule has 2 rings (SSSR count). The van der Waals surface area contributed by atoms with Gasteiger partial charge >= 0.3 is 5.97 Å². The second-order valence-electron chi connectivity index (χ2n) is 4.38. The van der Waals surface area contributed by atoms with Crippen molar-refractivity contribution in [2.75, 3.05) is 26.1 Å². The van der Waals surface area contributed by atoms with E-state index in [1.807, 2.05) is 0 Å². The summed E-state index contributed by atoms with van der Waals surface area (Å²) in [6, 6.07) is 3.08. The number of pyridine rings is 1. The van der Waals surface area contributed by atoms with Crippen LogP contribution >= 0.6 is 0 Å². The summed E-state index contributed by atoms with van der Waals surface area (Å²) in [6.07, 6.45) is 3.27. The van der Waals surface area contributed by atoms with Crippen LogP contribution in [0, 0.1) is 0 Å². The second kappa shape index (κ2) is 6.38. The highest BCUT2D eigenvalue weighted by Gasteiger charge is 2.16. The molecule has 1 aromatic heterocycles. The van der Waals surface area contributed by atoms with Gasteiger partial charge in [0, 0.05) is 6.61 Å². The summed E-state index contributed by atoms with van der Waals surface area (Å²) in [5.74, 6) is -0.268. The van der Waals surface area contributed by atoms with Gasteiger partial charge in [0.25, 0.3) is 0 Å². The molecule has 19 heavy (non-hydrogen) atoms. The third-order valence-electron chi connectivity index (χ3n) is 2.96. The first-order valence-electron chi connectivity index (χ1n) is 6.30. The zero-order valence-corrected chi connectivity index (χ0v) is 10.9. The van der Waals surface area contributed by atoms with Gasteiger partial charge in [0.1, 0.15) is 6.61 Å². The maximum Gasteiger partial charge on any atom is 0.356 e. The standard InChI is InChI=1S/C13H18N2O4/c1-17-13(16)11-6-5-10(14)12(15-11)19-8-9-4-2-3-7-18-9/h5-6,9H,2-4,7-8,14H2,1H3. The highest BCUT2D eigenvalue weighted by Crippen LogP contribution is 2.21. The zero-order chi connectivity index (χ0) is 13.7. The number of methoxy groups -OCH3 is 1. The van der Waals surface area contributed by atoms with Gasteiger partial charge in [-0.15, -0.1) is 0 Å². The lowest BCUT2D eigenvalue weighted by atomic mass is 10.1. The summed E-state index contributed by atoms with van der Waals surface area (Å²) < 4.78 is 15.7. The fraction of sp³-hybridized carbons (Fsp3) is 0.538. The number of ether oxygens (including phenoxy) is 3. The average molecular weight is 266 g/mol. The van der Waals surface area contributed by atoms with Crippen LogP contribution in [0.15, 0.2) is 12.1 Å². The molecule has 6 heteroatoms. The monoisotopic (exact) mass is 266 g/mol. The van der Waals surface area contributed by atoms with Crippen LogP contribution in [0.25, 0.3) is 0 Å². The van der Waals surface area contributed by atoms with Gasteiger partial charge in [-0.1, -0.05) is 0 Å². The minimum absolute atomic E-state index is 0.0664. The number of anilines is 1. The molecular weight excluding hydrogens is 248 g/mol. The Morgan fingerprint density at radius 2 is 2.37 bits per heavy atom. The number of carbonyl (C=O) groups excluding carboxylic acids is 1. The Morgan fingerprint density at radius 1 is 1.53 bits per heavy atom. The van der Waals surface area contributed by atoms with Crippen molar-refractivity contribution in [2.45, 2.75) is 25.4 Å². The summed E-state index contributed by atoms with van der Waals surface area (Å²) in [4.78, 5) is 15.4. The van der Waals surface area contributed by atoms with Gasteiger partial charge in [-0.3, -0.25) is 0 Å². The van der Waals surface area contributed by atoms with Crippen LogP contribution < -0.4 is 10.5 Å². The summed E-state index contributed by atoms with van der Waals surface area (Å²) >= 11 is 0. The predicted octanol–water partition coefficient (Wildman–Crippen LogP) is 1.40. The molecule has 6 nitrogen and oxygen atoms in total. The molecular formula is C13H18N2O4. The highest BCUT2D eigenvalue weighted by molar-refractivity contribution is 5.87. The van der Waals surface area contributed by atoms with Crippen molar-refractivity contribution < 1.29 is 19.0 Å². The third kappa shape index (κ3) is 3.57. The van der Waals surface area contributed by atoms with E-state index in [0.717, 1.165) is 25.9 Å². The van der Waals surface area contributed by atoms with E-state index in [0.29, 0.717) is 12.3 Å². The molecule has 1 fully saturated rings. The van der Waals surface area contributed by atoms with Crippen molar-refractivity contribution >= 4 is 11.7 Å². The van der Waals surface area contributed by atoms with Gasteiger partial charge in [0.05, 0.1) is 18.9 Å². The number of nitrogen functional groups attached to an aromatic ring is 1. The summed E-state index contributed by atoms with van der Waals surface area (Å²) in [5, 5.41) is 0. The molecule has 1 atom stereocenters. The van der Waals surface area contributed by atoms with E-state index in [2.05, 4.69) is 9.72 Å². The fourth-order valence-electron chi connectivity index (χ4n) is 1.90. The summed E-state index contributed by atoms with van der Waals surface area (Å²) in [5.41, 5.74) is 6.34. The molecule has 0 aliphatic carbocycles. The molecule has 1 aliphatic rings. The number of aromatic nitrogens is 1. The van der Waals surface area contributed by atoms with Crippen molar-refractivity contribution in [1.82, 2.24) is 4.98 Å². The average Bonchev–Trinajstić information content (AvgIpc) is 2.46. The van der Waals surface area contributed by atoms with E-state index < -0.39 is 5.97 Å². The van der Waals surface area contributed by atoms with Crippen LogP contribution in [0.3, 0.4) is 0 Å². The van der Waals surface area contributed by atoms with E-state index in [9.17, 15) is 4.79 Å². The van der Waals surface area contributed by atoms with Gasteiger partial charge in [-0.2, -0.15) is 0 Å². The fourth-order valence-corrected chi connectivity index (χ4v) is 1.90. The molecule has 1 aliphatic heterocycles. The lowest BCUT2D eigenvalue weighted by molar-refractivity contribution is -0.0118. The quantitative estimate of drug-likeness (QED) is 0.829. The Kier molecular flexibility index (Phi) is 4.57. The lowest BCUT2D eigenvalue weighted by Crippen LogP contribution is -2.26. The largest absolute Gasteiger partial charge is 0.473 e. The maximum atomic E-state index is 11.4. The molecule has 1 unspecified atom stereocenters. The Labute approximate surface area is 111 Å². The first-order chi connectivity index (χ1) is 9.20. The van der Waals surface area contributed by atoms with E-state index in [1.54, 1.807) is 6.07 Å². The molecule has 0 amide bonds. The van der Waals surface area contributed by atoms with Gasteiger partial charge in [0.15, 0.2) is 5.69 Å². The molecule has 2 N–H and O–H groups in total. The Balaban J connectivity index is 2.00. The first-order valence-corrected chi connectivity index (χ1v) is 6.30. The van der Waals surface area contributed by atoms with Crippen LogP contribution in [0.1, 0.15) is 29.8 Å². The first kappa shape index (κ1) is 13.6. The van der Waals surface area contributed by atoms with Gasteiger partial charge in [-0.25, -0.2) is 9.78 Å². The molecule has 1 saturated heterocycles. The number of esters is 1. The van der Waals surface area contributed by atoms with Crippen molar-refractivity contribution in [3.63, 3.8) is 0 Å². The molecule has 0 bridgehead atoms. The number of hydrogen-bond donors (Lipinski definition) is 1. The Morgan fingerprint density at radius 3 is 3.05 bits per heavy atom. The van der Waals surface area contributed by atoms with Crippen LogP contribution in [-0.4, -0.2) is 37.4 Å². The Bertz CT molecular complexity index is 444. The van der Waals surface area contributed by atoms with E-state index in [1.165, 1.54) is 13.2 Å². The lowest BCUT2D eigenvalue weighted by Gasteiger charge is -2.22. The number of nitrogens with two attached hydrogens (primary N) is 1. The smallest absolute Gasteiger partial charge is 0.356 e. The van der Waals surface area contributed by atoms with Crippen molar-refractivity contribution in [3.05, 3.63) is 17.8 Å². The second-order valence-corrected chi connectivity index (χ2v) is 4.38. The highest BCUT2D eigenvalue weighted by atomic mass is 16.5. The van der Waals surface area contributed by atoms with E-state index in [-0.39, 0.29) is 17.7 Å². The third-order valence-corrected chi connectivity index (χ3v) is 2.96. The van der Waals surface area contributed by atoms with Crippen molar-refractivity contribution in [3.8, 4) is 5.88 Å². The van der Waals surface area contributed by atoms with E-state index >= 15 is 0 Å². The number of nitrogens with zero attached hydrogens (tertiary/aromatic N) is 1. The number of rotatable bonds is 4. The number of carbonyl (C=O) groups is 1. The van der Waals surface area contributed by atoms with Gasteiger partial charge < -0.3 is 19.9 Å². The van der Waals surface area contributed by atoms with Crippen molar-refractivity contribution in [2.24, 2.45) is 0 Å². The molecule has 1 aromatic rings. The summed E-state index contributed by atoms with van der Waals surface area (Å²) in [7, 11) is 1.30. The van der Waals surface area contributed by atoms with Crippen LogP contribution in [0.5, 0.6) is 5.88 Å². The van der Waals surface area contributed by atoms with Crippen LogP contribution in [0.4, 0.5) is 5.69 Å². The minimum atomic E-state index is -0.515. The van der Waals surface area contributed by atoms with Gasteiger partial charge in [0.2, 0.25) is 5.88 Å². The zero-order valence-electron chi connectivity index (χ0n) is 10.9. The maximum absolute atomic E-state index is 11.4. The molecule has 104 valence electrons. The predicted molar refractivity (Wildman–Crippen MR) is 69.1 cm³/mol. The minimum Gasteiger partial charge on any atom is -0.473 e. The molecule has 2 heterocycles. The van der Waals surface area contributed by atoms with Crippen molar-refractivity contribution in [1.29, 1.82) is 0 Å². The number of hydrogen-bond acceptors (Lipinski definition) is 6. The molecule has 0 spiro atoms. The van der Waals surface area contributed by atoms with Gasteiger partial charge in [-0.05, 0) is 31.4 Å². The molecule has 0 saturated carbocycles.